The van der Waals surface area contributed by atoms with Gasteiger partial charge in [-0.1, -0.05) is 24.6 Å². The Labute approximate surface area is 90.7 Å². The Morgan fingerprint density at radius 2 is 2.13 bits per heavy atom. The smallest absolute Gasteiger partial charge is 0.126 e. The SMILES string of the molecule is Cc1ccc(F)c(C2CNCC(C)C2)c1. The lowest BCUT2D eigenvalue weighted by atomic mass is 9.86. The van der Waals surface area contributed by atoms with E-state index >= 15 is 0 Å². The number of aryl methyl sites for hydroxylation is 1. The van der Waals surface area contributed by atoms with E-state index in [-0.39, 0.29) is 5.82 Å². The maximum atomic E-state index is 13.7. The number of halogens is 1. The van der Waals surface area contributed by atoms with Gasteiger partial charge in [0.25, 0.3) is 0 Å². The Bertz CT molecular complexity index is 348. The molecule has 2 unspecified atom stereocenters. The molecule has 0 aromatic heterocycles. The third-order valence-corrected chi connectivity index (χ3v) is 3.16. The van der Waals surface area contributed by atoms with Gasteiger partial charge < -0.3 is 5.32 Å². The molecule has 0 amide bonds. The van der Waals surface area contributed by atoms with Crippen molar-refractivity contribution in [1.82, 2.24) is 5.32 Å². The molecule has 0 bridgehead atoms. The monoisotopic (exact) mass is 207 g/mol. The topological polar surface area (TPSA) is 12.0 Å². The second-order valence-corrected chi connectivity index (χ2v) is 4.72. The highest BCUT2D eigenvalue weighted by molar-refractivity contribution is 5.28. The molecular formula is C13H18FN. The average Bonchev–Trinajstić information content (AvgIpc) is 2.22. The lowest BCUT2D eigenvalue weighted by Crippen LogP contribution is -2.34. The number of nitrogens with one attached hydrogen (secondary N) is 1. The summed E-state index contributed by atoms with van der Waals surface area (Å²) in [6.07, 6.45) is 1.09. The summed E-state index contributed by atoms with van der Waals surface area (Å²) in [6.45, 7) is 6.20. The van der Waals surface area contributed by atoms with Crippen LogP contribution in [0.1, 0.15) is 30.4 Å². The number of rotatable bonds is 1. The first-order chi connectivity index (χ1) is 7.16. The molecule has 1 aliphatic heterocycles. The van der Waals surface area contributed by atoms with Crippen LogP contribution in [-0.2, 0) is 0 Å². The van der Waals surface area contributed by atoms with Gasteiger partial charge in [-0.25, -0.2) is 4.39 Å². The molecular weight excluding hydrogens is 189 g/mol. The summed E-state index contributed by atoms with van der Waals surface area (Å²) in [5.41, 5.74) is 2.03. The molecule has 1 aromatic rings. The van der Waals surface area contributed by atoms with E-state index < -0.39 is 0 Å². The molecule has 1 nitrogen and oxygen atoms in total. The van der Waals surface area contributed by atoms with Gasteiger partial charge in [0.15, 0.2) is 0 Å². The maximum Gasteiger partial charge on any atom is 0.126 e. The summed E-state index contributed by atoms with van der Waals surface area (Å²) in [6, 6.07) is 5.40. The van der Waals surface area contributed by atoms with Crippen molar-refractivity contribution in [2.75, 3.05) is 13.1 Å². The molecule has 0 spiro atoms. The fourth-order valence-electron chi connectivity index (χ4n) is 2.37. The fourth-order valence-corrected chi connectivity index (χ4v) is 2.37. The highest BCUT2D eigenvalue weighted by Crippen LogP contribution is 2.28. The summed E-state index contributed by atoms with van der Waals surface area (Å²) in [7, 11) is 0. The summed E-state index contributed by atoms with van der Waals surface area (Å²) in [5.74, 6) is 0.929. The molecule has 1 N–H and O–H groups in total. The molecule has 1 aromatic carbocycles. The van der Waals surface area contributed by atoms with E-state index in [4.69, 9.17) is 0 Å². The van der Waals surface area contributed by atoms with Crippen LogP contribution in [-0.4, -0.2) is 13.1 Å². The summed E-state index contributed by atoms with van der Waals surface area (Å²) >= 11 is 0. The first-order valence-corrected chi connectivity index (χ1v) is 5.63. The van der Waals surface area contributed by atoms with Crippen molar-refractivity contribution in [2.24, 2.45) is 5.92 Å². The van der Waals surface area contributed by atoms with Crippen LogP contribution in [0.25, 0.3) is 0 Å². The van der Waals surface area contributed by atoms with Gasteiger partial charge in [-0.3, -0.25) is 0 Å². The number of piperidine rings is 1. The van der Waals surface area contributed by atoms with E-state index in [1.54, 1.807) is 6.07 Å². The lowest BCUT2D eigenvalue weighted by Gasteiger charge is -2.28. The van der Waals surface area contributed by atoms with Crippen LogP contribution in [0.5, 0.6) is 0 Å². The maximum absolute atomic E-state index is 13.7. The minimum atomic E-state index is -0.0542. The summed E-state index contributed by atoms with van der Waals surface area (Å²) < 4.78 is 13.7. The van der Waals surface area contributed by atoms with E-state index in [9.17, 15) is 4.39 Å². The Balaban J connectivity index is 2.24. The van der Waals surface area contributed by atoms with Crippen LogP contribution in [0.3, 0.4) is 0 Å². The zero-order valence-corrected chi connectivity index (χ0v) is 9.39. The highest BCUT2D eigenvalue weighted by Gasteiger charge is 2.22. The molecule has 1 heterocycles. The van der Waals surface area contributed by atoms with Crippen molar-refractivity contribution in [3.63, 3.8) is 0 Å². The Morgan fingerprint density at radius 3 is 2.87 bits per heavy atom. The van der Waals surface area contributed by atoms with Gasteiger partial charge in [-0.05, 0) is 43.4 Å². The van der Waals surface area contributed by atoms with Gasteiger partial charge in [0.1, 0.15) is 5.82 Å². The first kappa shape index (κ1) is 10.6. The number of hydrogen-bond donors (Lipinski definition) is 1. The normalized spacial score (nSPS) is 26.6. The third kappa shape index (κ3) is 2.37. The molecule has 2 heteroatoms. The Hall–Kier alpha value is -0.890. The van der Waals surface area contributed by atoms with Gasteiger partial charge in [0.2, 0.25) is 0 Å². The fraction of sp³-hybridized carbons (Fsp3) is 0.538. The van der Waals surface area contributed by atoms with E-state index in [0.29, 0.717) is 11.8 Å². The lowest BCUT2D eigenvalue weighted by molar-refractivity contribution is 0.357. The van der Waals surface area contributed by atoms with Crippen LogP contribution in [0.4, 0.5) is 4.39 Å². The zero-order chi connectivity index (χ0) is 10.8. The predicted octanol–water partition coefficient (Wildman–Crippen LogP) is 2.85. The van der Waals surface area contributed by atoms with E-state index in [0.717, 1.165) is 30.6 Å². The van der Waals surface area contributed by atoms with Gasteiger partial charge in [-0.2, -0.15) is 0 Å². The summed E-state index contributed by atoms with van der Waals surface area (Å²) in [4.78, 5) is 0. The van der Waals surface area contributed by atoms with Crippen LogP contribution >= 0.6 is 0 Å². The largest absolute Gasteiger partial charge is 0.316 e. The predicted molar refractivity (Wildman–Crippen MR) is 60.5 cm³/mol. The molecule has 1 fully saturated rings. The van der Waals surface area contributed by atoms with Crippen molar-refractivity contribution < 1.29 is 4.39 Å². The van der Waals surface area contributed by atoms with Crippen LogP contribution in [0, 0.1) is 18.7 Å². The van der Waals surface area contributed by atoms with Gasteiger partial charge in [0, 0.05) is 6.54 Å². The molecule has 2 atom stereocenters. The van der Waals surface area contributed by atoms with Gasteiger partial charge >= 0.3 is 0 Å². The second-order valence-electron chi connectivity index (χ2n) is 4.72. The summed E-state index contributed by atoms with van der Waals surface area (Å²) in [5, 5.41) is 3.36. The molecule has 1 saturated heterocycles. The molecule has 82 valence electrons. The van der Waals surface area contributed by atoms with E-state index in [1.165, 1.54) is 0 Å². The van der Waals surface area contributed by atoms with Crippen molar-refractivity contribution in [3.8, 4) is 0 Å². The van der Waals surface area contributed by atoms with Crippen LogP contribution in [0.2, 0.25) is 0 Å². The third-order valence-electron chi connectivity index (χ3n) is 3.16. The second kappa shape index (κ2) is 4.31. The van der Waals surface area contributed by atoms with Crippen molar-refractivity contribution in [1.29, 1.82) is 0 Å². The first-order valence-electron chi connectivity index (χ1n) is 5.63. The van der Waals surface area contributed by atoms with E-state index in [1.807, 2.05) is 19.1 Å². The van der Waals surface area contributed by atoms with Gasteiger partial charge in [-0.15, -0.1) is 0 Å². The number of benzene rings is 1. The molecule has 0 radical (unpaired) electrons. The molecule has 2 rings (SSSR count). The highest BCUT2D eigenvalue weighted by atomic mass is 19.1. The van der Waals surface area contributed by atoms with Crippen LogP contribution < -0.4 is 5.32 Å². The minimum absolute atomic E-state index is 0.0542. The molecule has 15 heavy (non-hydrogen) atoms. The zero-order valence-electron chi connectivity index (χ0n) is 9.39. The molecule has 0 saturated carbocycles. The molecule has 1 aliphatic rings. The van der Waals surface area contributed by atoms with Crippen LogP contribution in [0.15, 0.2) is 18.2 Å². The Morgan fingerprint density at radius 1 is 1.33 bits per heavy atom. The standard InChI is InChI=1S/C13H18FN/c1-9-3-4-13(14)12(6-9)11-5-10(2)7-15-8-11/h3-4,6,10-11,15H,5,7-8H2,1-2H3. The van der Waals surface area contributed by atoms with Crippen molar-refractivity contribution in [2.45, 2.75) is 26.2 Å². The minimum Gasteiger partial charge on any atom is -0.316 e. The number of hydrogen-bond acceptors (Lipinski definition) is 1. The Kier molecular flexibility index (Phi) is 3.06. The average molecular weight is 207 g/mol. The van der Waals surface area contributed by atoms with Crippen molar-refractivity contribution in [3.05, 3.63) is 35.1 Å². The van der Waals surface area contributed by atoms with Gasteiger partial charge in [0.05, 0.1) is 0 Å². The molecule has 0 aliphatic carbocycles. The van der Waals surface area contributed by atoms with Crippen molar-refractivity contribution >= 4 is 0 Å². The van der Waals surface area contributed by atoms with E-state index in [2.05, 4.69) is 12.2 Å². The quantitative estimate of drug-likeness (QED) is 0.746.